The van der Waals surface area contributed by atoms with Crippen molar-refractivity contribution in [1.82, 2.24) is 10.2 Å². The van der Waals surface area contributed by atoms with E-state index < -0.39 is 0 Å². The van der Waals surface area contributed by atoms with Crippen LogP contribution in [-0.2, 0) is 0 Å². The minimum absolute atomic E-state index is 0.740. The first kappa shape index (κ1) is 11.4. The predicted octanol–water partition coefficient (Wildman–Crippen LogP) is 2.25. The van der Waals surface area contributed by atoms with Crippen molar-refractivity contribution >= 4 is 0 Å². The summed E-state index contributed by atoms with van der Waals surface area (Å²) in [6, 6.07) is 1.61. The number of nitrogens with one attached hydrogen (secondary N) is 1. The van der Waals surface area contributed by atoms with Gasteiger partial charge < -0.3 is 5.32 Å². The Hall–Kier alpha value is -0.0800. The molecule has 0 bridgehead atoms. The maximum Gasteiger partial charge on any atom is 0.0195 e. The van der Waals surface area contributed by atoms with E-state index in [2.05, 4.69) is 24.1 Å². The molecule has 3 atom stereocenters. The number of piperazine rings is 1. The SMILES string of the molecule is CC1CCCCCC1N1CCNCC1C. The second-order valence-electron chi connectivity index (χ2n) is 5.47. The molecule has 1 N–H and O–H groups in total. The van der Waals surface area contributed by atoms with Crippen molar-refractivity contribution < 1.29 is 0 Å². The number of hydrogen-bond donors (Lipinski definition) is 1. The minimum Gasteiger partial charge on any atom is -0.314 e. The Morgan fingerprint density at radius 1 is 1.07 bits per heavy atom. The Morgan fingerprint density at radius 2 is 1.87 bits per heavy atom. The van der Waals surface area contributed by atoms with E-state index in [0.29, 0.717) is 0 Å². The van der Waals surface area contributed by atoms with E-state index in [0.717, 1.165) is 18.0 Å². The van der Waals surface area contributed by atoms with Crippen LogP contribution < -0.4 is 5.32 Å². The summed E-state index contributed by atoms with van der Waals surface area (Å²) in [6.07, 6.45) is 7.25. The smallest absolute Gasteiger partial charge is 0.0195 e. The van der Waals surface area contributed by atoms with Crippen LogP contribution in [0.3, 0.4) is 0 Å². The second-order valence-corrected chi connectivity index (χ2v) is 5.47. The average Bonchev–Trinajstić information content (AvgIpc) is 2.44. The largest absolute Gasteiger partial charge is 0.314 e. The van der Waals surface area contributed by atoms with E-state index in [1.807, 2.05) is 0 Å². The molecule has 0 amide bonds. The summed E-state index contributed by atoms with van der Waals surface area (Å²) in [6.45, 7) is 8.47. The van der Waals surface area contributed by atoms with Crippen molar-refractivity contribution in [3.05, 3.63) is 0 Å². The first-order valence-corrected chi connectivity index (χ1v) is 6.75. The predicted molar refractivity (Wildman–Crippen MR) is 65.1 cm³/mol. The van der Waals surface area contributed by atoms with E-state index in [9.17, 15) is 0 Å². The van der Waals surface area contributed by atoms with E-state index in [4.69, 9.17) is 0 Å². The molecular formula is C13H26N2. The lowest BCUT2D eigenvalue weighted by atomic mass is 9.93. The lowest BCUT2D eigenvalue weighted by Gasteiger charge is -2.42. The van der Waals surface area contributed by atoms with Gasteiger partial charge >= 0.3 is 0 Å². The van der Waals surface area contributed by atoms with Gasteiger partial charge in [-0.1, -0.05) is 26.2 Å². The van der Waals surface area contributed by atoms with Crippen LogP contribution in [0.5, 0.6) is 0 Å². The average molecular weight is 210 g/mol. The van der Waals surface area contributed by atoms with Crippen molar-refractivity contribution in [3.63, 3.8) is 0 Å². The zero-order chi connectivity index (χ0) is 10.7. The summed E-state index contributed by atoms with van der Waals surface area (Å²) < 4.78 is 0. The molecule has 2 heteroatoms. The molecule has 0 aromatic heterocycles. The highest BCUT2D eigenvalue weighted by atomic mass is 15.2. The molecular weight excluding hydrogens is 184 g/mol. The normalized spacial score (nSPS) is 40.0. The van der Waals surface area contributed by atoms with Crippen molar-refractivity contribution in [2.75, 3.05) is 19.6 Å². The monoisotopic (exact) mass is 210 g/mol. The van der Waals surface area contributed by atoms with Gasteiger partial charge in [-0.2, -0.15) is 0 Å². The number of nitrogens with zero attached hydrogens (tertiary/aromatic N) is 1. The fourth-order valence-electron chi connectivity index (χ4n) is 3.32. The van der Waals surface area contributed by atoms with Crippen LogP contribution in [0, 0.1) is 5.92 Å². The molecule has 15 heavy (non-hydrogen) atoms. The van der Waals surface area contributed by atoms with Gasteiger partial charge in [-0.05, 0) is 25.7 Å². The van der Waals surface area contributed by atoms with Crippen molar-refractivity contribution in [2.24, 2.45) is 5.92 Å². The van der Waals surface area contributed by atoms with Gasteiger partial charge in [0.25, 0.3) is 0 Å². The van der Waals surface area contributed by atoms with Crippen LogP contribution in [-0.4, -0.2) is 36.6 Å². The Morgan fingerprint density at radius 3 is 2.67 bits per heavy atom. The van der Waals surface area contributed by atoms with Gasteiger partial charge in [0.15, 0.2) is 0 Å². The molecule has 3 unspecified atom stereocenters. The van der Waals surface area contributed by atoms with E-state index in [-0.39, 0.29) is 0 Å². The maximum absolute atomic E-state index is 3.49. The fraction of sp³-hybridized carbons (Fsp3) is 1.00. The van der Waals surface area contributed by atoms with Crippen molar-refractivity contribution in [1.29, 1.82) is 0 Å². The van der Waals surface area contributed by atoms with Crippen LogP contribution >= 0.6 is 0 Å². The molecule has 88 valence electrons. The molecule has 1 heterocycles. The summed E-state index contributed by atoms with van der Waals surface area (Å²) >= 11 is 0. The van der Waals surface area contributed by atoms with Crippen molar-refractivity contribution in [2.45, 2.75) is 58.0 Å². The first-order chi connectivity index (χ1) is 7.29. The molecule has 0 aromatic rings. The third-order valence-electron chi connectivity index (χ3n) is 4.29. The Balaban J connectivity index is 1.98. The highest BCUT2D eigenvalue weighted by Gasteiger charge is 2.30. The minimum atomic E-state index is 0.740. The topological polar surface area (TPSA) is 15.3 Å². The molecule has 2 nitrogen and oxygen atoms in total. The molecule has 0 spiro atoms. The highest BCUT2D eigenvalue weighted by molar-refractivity contribution is 4.86. The van der Waals surface area contributed by atoms with Gasteiger partial charge in [0.05, 0.1) is 0 Å². The first-order valence-electron chi connectivity index (χ1n) is 6.75. The summed E-state index contributed by atoms with van der Waals surface area (Å²) in [4.78, 5) is 2.77. The van der Waals surface area contributed by atoms with Gasteiger partial charge in [-0.25, -0.2) is 0 Å². The van der Waals surface area contributed by atoms with Gasteiger partial charge in [-0.3, -0.25) is 4.90 Å². The van der Waals surface area contributed by atoms with Crippen LogP contribution in [0.2, 0.25) is 0 Å². The van der Waals surface area contributed by atoms with Gasteiger partial charge in [0.2, 0.25) is 0 Å². The summed E-state index contributed by atoms with van der Waals surface area (Å²) in [5.41, 5.74) is 0. The highest BCUT2D eigenvalue weighted by Crippen LogP contribution is 2.28. The fourth-order valence-corrected chi connectivity index (χ4v) is 3.32. The lowest BCUT2D eigenvalue weighted by molar-refractivity contribution is 0.0786. The zero-order valence-electron chi connectivity index (χ0n) is 10.3. The molecule has 2 rings (SSSR count). The van der Waals surface area contributed by atoms with E-state index >= 15 is 0 Å². The Bertz CT molecular complexity index is 193. The second kappa shape index (κ2) is 5.31. The summed E-state index contributed by atoms with van der Waals surface area (Å²) in [5.74, 6) is 0.910. The molecule has 1 aliphatic heterocycles. The third kappa shape index (κ3) is 2.73. The standard InChI is InChI=1S/C13H26N2/c1-11-6-4-3-5-7-13(11)15-9-8-14-10-12(15)2/h11-14H,3-10H2,1-2H3. The molecule has 2 fully saturated rings. The van der Waals surface area contributed by atoms with Crippen molar-refractivity contribution in [3.8, 4) is 0 Å². The molecule has 0 radical (unpaired) electrons. The molecule has 0 aromatic carbocycles. The van der Waals surface area contributed by atoms with Crippen LogP contribution in [0.1, 0.15) is 46.0 Å². The Kier molecular flexibility index (Phi) is 4.04. The summed E-state index contributed by atoms with van der Waals surface area (Å²) in [5, 5.41) is 3.49. The van der Waals surface area contributed by atoms with Crippen LogP contribution in [0.25, 0.3) is 0 Å². The van der Waals surface area contributed by atoms with Crippen LogP contribution in [0.15, 0.2) is 0 Å². The zero-order valence-corrected chi connectivity index (χ0v) is 10.3. The van der Waals surface area contributed by atoms with Gasteiger partial charge in [-0.15, -0.1) is 0 Å². The molecule has 2 aliphatic rings. The van der Waals surface area contributed by atoms with Crippen LogP contribution in [0.4, 0.5) is 0 Å². The third-order valence-corrected chi connectivity index (χ3v) is 4.29. The van der Waals surface area contributed by atoms with Gasteiger partial charge in [0, 0.05) is 31.7 Å². The number of rotatable bonds is 1. The van der Waals surface area contributed by atoms with E-state index in [1.165, 1.54) is 51.7 Å². The molecule has 1 aliphatic carbocycles. The summed E-state index contributed by atoms with van der Waals surface area (Å²) in [7, 11) is 0. The molecule has 1 saturated carbocycles. The van der Waals surface area contributed by atoms with E-state index in [1.54, 1.807) is 0 Å². The number of hydrogen-bond acceptors (Lipinski definition) is 2. The lowest BCUT2D eigenvalue weighted by Crippen LogP contribution is -2.55. The molecule has 1 saturated heterocycles. The quantitative estimate of drug-likeness (QED) is 0.668. The Labute approximate surface area is 94.4 Å². The maximum atomic E-state index is 3.49. The van der Waals surface area contributed by atoms with Gasteiger partial charge in [0.1, 0.15) is 0 Å².